The molecule has 0 radical (unpaired) electrons. The number of nitrogens with two attached hydrogens (primary N) is 1. The number of carbonyl (C=O) groups is 1. The van der Waals surface area contributed by atoms with Gasteiger partial charge in [-0.2, -0.15) is 0 Å². The minimum Gasteiger partial charge on any atom is -0.399 e. The van der Waals surface area contributed by atoms with E-state index in [1.165, 1.54) is 0 Å². The highest BCUT2D eigenvalue weighted by molar-refractivity contribution is 9.10. The fourth-order valence-corrected chi connectivity index (χ4v) is 2.04. The van der Waals surface area contributed by atoms with E-state index in [4.69, 9.17) is 5.73 Å². The number of halogens is 1. The summed E-state index contributed by atoms with van der Waals surface area (Å²) in [4.78, 5) is 16.0. The standard InChI is InChI=1S/C15H16BrN3O/c1-10-7-14(18-9-13(10)16)19-15(20)6-5-11-3-2-4-12(17)8-11/h2-4,7-9H,5-6,17H2,1H3,(H,18,19,20). The van der Waals surface area contributed by atoms with Gasteiger partial charge in [0.05, 0.1) is 0 Å². The second-order valence-corrected chi connectivity index (χ2v) is 5.47. The molecule has 2 rings (SSSR count). The molecule has 0 aliphatic carbocycles. The van der Waals surface area contributed by atoms with Crippen molar-refractivity contribution >= 4 is 33.3 Å². The maximum absolute atomic E-state index is 11.9. The van der Waals surface area contributed by atoms with E-state index < -0.39 is 0 Å². The van der Waals surface area contributed by atoms with E-state index in [1.807, 2.05) is 37.3 Å². The molecule has 3 N–H and O–H groups in total. The molecule has 0 fully saturated rings. The summed E-state index contributed by atoms with van der Waals surface area (Å²) < 4.78 is 0.926. The van der Waals surface area contributed by atoms with Crippen molar-refractivity contribution in [2.45, 2.75) is 19.8 Å². The summed E-state index contributed by atoms with van der Waals surface area (Å²) in [6.07, 6.45) is 2.75. The molecule has 1 aromatic carbocycles. The van der Waals surface area contributed by atoms with Gasteiger partial charge in [0.15, 0.2) is 0 Å². The molecule has 4 nitrogen and oxygen atoms in total. The zero-order valence-electron chi connectivity index (χ0n) is 11.2. The van der Waals surface area contributed by atoms with Gasteiger partial charge in [0.2, 0.25) is 5.91 Å². The third kappa shape index (κ3) is 4.06. The van der Waals surface area contributed by atoms with Crippen LogP contribution >= 0.6 is 15.9 Å². The molecule has 0 saturated carbocycles. The second-order valence-electron chi connectivity index (χ2n) is 4.61. The van der Waals surface area contributed by atoms with Crippen LogP contribution in [0.15, 0.2) is 41.0 Å². The number of aromatic nitrogens is 1. The summed E-state index contributed by atoms with van der Waals surface area (Å²) in [5, 5.41) is 2.79. The molecular weight excluding hydrogens is 318 g/mol. The average Bonchev–Trinajstić information content (AvgIpc) is 2.41. The van der Waals surface area contributed by atoms with Gasteiger partial charge in [0.25, 0.3) is 0 Å². The minimum atomic E-state index is -0.0540. The minimum absolute atomic E-state index is 0.0540. The van der Waals surface area contributed by atoms with Gasteiger partial charge in [-0.3, -0.25) is 4.79 Å². The van der Waals surface area contributed by atoms with Gasteiger partial charge < -0.3 is 11.1 Å². The first-order valence-electron chi connectivity index (χ1n) is 6.31. The van der Waals surface area contributed by atoms with Crippen molar-refractivity contribution in [3.63, 3.8) is 0 Å². The zero-order chi connectivity index (χ0) is 14.5. The normalized spacial score (nSPS) is 10.3. The number of anilines is 2. The zero-order valence-corrected chi connectivity index (χ0v) is 12.8. The lowest BCUT2D eigenvalue weighted by Crippen LogP contribution is -2.13. The predicted octanol–water partition coefficient (Wildman–Crippen LogP) is 3.31. The summed E-state index contributed by atoms with van der Waals surface area (Å²) in [5.74, 6) is 0.518. The Hall–Kier alpha value is -1.88. The van der Waals surface area contributed by atoms with E-state index in [0.29, 0.717) is 24.3 Å². The Morgan fingerprint density at radius 1 is 1.40 bits per heavy atom. The van der Waals surface area contributed by atoms with E-state index in [0.717, 1.165) is 15.6 Å². The maximum atomic E-state index is 11.9. The molecule has 0 aliphatic heterocycles. The van der Waals surface area contributed by atoms with Crippen LogP contribution < -0.4 is 11.1 Å². The Labute approximate surface area is 126 Å². The van der Waals surface area contributed by atoms with Gasteiger partial charge in [-0.15, -0.1) is 0 Å². The molecule has 0 unspecified atom stereocenters. The Kier molecular flexibility index (Phi) is 4.74. The lowest BCUT2D eigenvalue weighted by atomic mass is 10.1. The van der Waals surface area contributed by atoms with Gasteiger partial charge in [-0.1, -0.05) is 12.1 Å². The SMILES string of the molecule is Cc1cc(NC(=O)CCc2cccc(N)c2)ncc1Br. The molecule has 0 saturated heterocycles. The lowest BCUT2D eigenvalue weighted by Gasteiger charge is -2.06. The number of nitrogens with zero attached hydrogens (tertiary/aromatic N) is 1. The second kappa shape index (κ2) is 6.52. The van der Waals surface area contributed by atoms with Crippen LogP contribution in [-0.2, 0) is 11.2 Å². The van der Waals surface area contributed by atoms with E-state index in [-0.39, 0.29) is 5.91 Å². The highest BCUT2D eigenvalue weighted by Gasteiger charge is 2.05. The average molecular weight is 334 g/mol. The van der Waals surface area contributed by atoms with Crippen LogP contribution in [-0.4, -0.2) is 10.9 Å². The topological polar surface area (TPSA) is 68.0 Å². The maximum Gasteiger partial charge on any atom is 0.225 e. The van der Waals surface area contributed by atoms with Crippen molar-refractivity contribution in [1.82, 2.24) is 4.98 Å². The van der Waals surface area contributed by atoms with Crippen LogP contribution in [0.3, 0.4) is 0 Å². The summed E-state index contributed by atoms with van der Waals surface area (Å²) in [6.45, 7) is 1.95. The number of amides is 1. The summed E-state index contributed by atoms with van der Waals surface area (Å²) in [5.41, 5.74) is 8.51. The molecule has 20 heavy (non-hydrogen) atoms. The van der Waals surface area contributed by atoms with Gasteiger partial charge in [-0.05, 0) is 58.6 Å². The first-order chi connectivity index (χ1) is 9.54. The molecule has 1 amide bonds. The Morgan fingerprint density at radius 3 is 2.90 bits per heavy atom. The number of carbonyl (C=O) groups excluding carboxylic acids is 1. The van der Waals surface area contributed by atoms with E-state index in [2.05, 4.69) is 26.2 Å². The van der Waals surface area contributed by atoms with Gasteiger partial charge in [0, 0.05) is 22.8 Å². The summed E-state index contributed by atoms with van der Waals surface area (Å²) in [7, 11) is 0. The number of hydrogen-bond donors (Lipinski definition) is 2. The Bertz CT molecular complexity index is 628. The molecule has 1 aromatic heterocycles. The highest BCUT2D eigenvalue weighted by Crippen LogP contribution is 2.17. The number of pyridine rings is 1. The van der Waals surface area contributed by atoms with E-state index >= 15 is 0 Å². The Morgan fingerprint density at radius 2 is 2.20 bits per heavy atom. The van der Waals surface area contributed by atoms with Crippen molar-refractivity contribution in [2.75, 3.05) is 11.1 Å². The third-order valence-electron chi connectivity index (χ3n) is 2.91. The molecule has 0 atom stereocenters. The summed E-state index contributed by atoms with van der Waals surface area (Å²) in [6, 6.07) is 9.41. The van der Waals surface area contributed by atoms with Gasteiger partial charge in [0.1, 0.15) is 5.82 Å². The van der Waals surface area contributed by atoms with E-state index in [1.54, 1.807) is 6.20 Å². The first kappa shape index (κ1) is 14.5. The first-order valence-corrected chi connectivity index (χ1v) is 7.10. The fraction of sp³-hybridized carbons (Fsp3) is 0.200. The number of rotatable bonds is 4. The number of hydrogen-bond acceptors (Lipinski definition) is 3. The van der Waals surface area contributed by atoms with Crippen LogP contribution in [0.4, 0.5) is 11.5 Å². The highest BCUT2D eigenvalue weighted by atomic mass is 79.9. The predicted molar refractivity (Wildman–Crippen MR) is 84.5 cm³/mol. The van der Waals surface area contributed by atoms with Crippen LogP contribution in [0.25, 0.3) is 0 Å². The molecule has 0 bridgehead atoms. The van der Waals surface area contributed by atoms with Crippen LogP contribution in [0.1, 0.15) is 17.5 Å². The fourth-order valence-electron chi connectivity index (χ4n) is 1.82. The molecule has 0 spiro atoms. The number of nitrogen functional groups attached to an aromatic ring is 1. The van der Waals surface area contributed by atoms with Crippen molar-refractivity contribution in [3.8, 4) is 0 Å². The smallest absolute Gasteiger partial charge is 0.225 e. The van der Waals surface area contributed by atoms with Crippen molar-refractivity contribution in [3.05, 3.63) is 52.1 Å². The Balaban J connectivity index is 1.91. The monoisotopic (exact) mass is 333 g/mol. The van der Waals surface area contributed by atoms with Crippen molar-refractivity contribution in [2.24, 2.45) is 0 Å². The molecule has 0 aliphatic rings. The molecule has 104 valence electrons. The van der Waals surface area contributed by atoms with Gasteiger partial charge >= 0.3 is 0 Å². The van der Waals surface area contributed by atoms with Crippen LogP contribution in [0.2, 0.25) is 0 Å². The van der Waals surface area contributed by atoms with Crippen LogP contribution in [0.5, 0.6) is 0 Å². The largest absolute Gasteiger partial charge is 0.399 e. The van der Waals surface area contributed by atoms with Crippen molar-refractivity contribution < 1.29 is 4.79 Å². The number of nitrogens with one attached hydrogen (secondary N) is 1. The van der Waals surface area contributed by atoms with E-state index in [9.17, 15) is 4.79 Å². The lowest BCUT2D eigenvalue weighted by molar-refractivity contribution is -0.116. The molecular formula is C15H16BrN3O. The van der Waals surface area contributed by atoms with Crippen LogP contribution in [0, 0.1) is 6.92 Å². The van der Waals surface area contributed by atoms with Gasteiger partial charge in [-0.25, -0.2) is 4.98 Å². The van der Waals surface area contributed by atoms with Crippen molar-refractivity contribution in [1.29, 1.82) is 0 Å². The summed E-state index contributed by atoms with van der Waals surface area (Å²) >= 11 is 3.38. The molecule has 1 heterocycles. The molecule has 5 heteroatoms. The molecule has 2 aromatic rings. The quantitative estimate of drug-likeness (QED) is 0.843. The number of aryl methyl sites for hydroxylation is 2. The third-order valence-corrected chi connectivity index (χ3v) is 3.74. The number of benzene rings is 1.